The van der Waals surface area contributed by atoms with E-state index in [-0.39, 0.29) is 0 Å². The SMILES string of the molecule is CCC1CCNC(CN(C)C(CC)CC)C1. The molecule has 0 aromatic carbocycles. The maximum absolute atomic E-state index is 3.68. The molecular formula is C14H30N2. The molecule has 16 heavy (non-hydrogen) atoms. The molecule has 1 aliphatic rings. The summed E-state index contributed by atoms with van der Waals surface area (Å²) in [5.74, 6) is 0.960. The number of piperidine rings is 1. The summed E-state index contributed by atoms with van der Waals surface area (Å²) in [6.07, 6.45) is 6.66. The van der Waals surface area contributed by atoms with E-state index in [2.05, 4.69) is 38.0 Å². The third-order valence-corrected chi connectivity index (χ3v) is 4.26. The molecule has 0 spiro atoms. The highest BCUT2D eigenvalue weighted by Gasteiger charge is 2.22. The Hall–Kier alpha value is -0.0800. The third kappa shape index (κ3) is 4.06. The van der Waals surface area contributed by atoms with Crippen molar-refractivity contribution in [3.8, 4) is 0 Å². The number of rotatable bonds is 6. The molecule has 0 aromatic heterocycles. The molecule has 0 aliphatic carbocycles. The van der Waals surface area contributed by atoms with E-state index < -0.39 is 0 Å². The first kappa shape index (κ1) is 14.0. The van der Waals surface area contributed by atoms with Crippen LogP contribution in [0.3, 0.4) is 0 Å². The van der Waals surface area contributed by atoms with Crippen molar-refractivity contribution in [1.82, 2.24) is 10.2 Å². The van der Waals surface area contributed by atoms with Crippen LogP contribution in [-0.4, -0.2) is 37.1 Å². The fraction of sp³-hybridized carbons (Fsp3) is 1.00. The van der Waals surface area contributed by atoms with Gasteiger partial charge in [0.1, 0.15) is 0 Å². The summed E-state index contributed by atoms with van der Waals surface area (Å²) in [4.78, 5) is 2.55. The average Bonchev–Trinajstić information content (AvgIpc) is 2.31. The number of hydrogen-bond donors (Lipinski definition) is 1. The molecule has 0 amide bonds. The molecule has 1 aliphatic heterocycles. The predicted molar refractivity (Wildman–Crippen MR) is 71.8 cm³/mol. The smallest absolute Gasteiger partial charge is 0.0197 e. The van der Waals surface area contributed by atoms with Gasteiger partial charge in [-0.05, 0) is 45.2 Å². The first-order chi connectivity index (χ1) is 7.71. The molecule has 0 saturated carbocycles. The van der Waals surface area contributed by atoms with Crippen molar-refractivity contribution < 1.29 is 0 Å². The normalized spacial score (nSPS) is 26.6. The quantitative estimate of drug-likeness (QED) is 0.749. The molecule has 0 radical (unpaired) electrons. The summed E-state index contributed by atoms with van der Waals surface area (Å²) in [6.45, 7) is 9.38. The first-order valence-corrected chi connectivity index (χ1v) is 7.14. The Bertz CT molecular complexity index is 178. The Labute approximate surface area is 102 Å². The number of likely N-dealkylation sites (N-methyl/N-ethyl adjacent to an activating group) is 1. The molecule has 2 unspecified atom stereocenters. The topological polar surface area (TPSA) is 15.3 Å². The molecular weight excluding hydrogens is 196 g/mol. The molecule has 1 saturated heterocycles. The lowest BCUT2D eigenvalue weighted by atomic mass is 9.90. The Morgan fingerprint density at radius 3 is 2.50 bits per heavy atom. The van der Waals surface area contributed by atoms with Gasteiger partial charge in [-0.15, -0.1) is 0 Å². The van der Waals surface area contributed by atoms with Gasteiger partial charge in [-0.25, -0.2) is 0 Å². The summed E-state index contributed by atoms with van der Waals surface area (Å²) < 4.78 is 0. The second-order valence-electron chi connectivity index (χ2n) is 5.36. The van der Waals surface area contributed by atoms with Crippen LogP contribution in [0.5, 0.6) is 0 Å². The largest absolute Gasteiger partial charge is 0.313 e. The second kappa shape index (κ2) is 7.29. The third-order valence-electron chi connectivity index (χ3n) is 4.26. The van der Waals surface area contributed by atoms with E-state index in [4.69, 9.17) is 0 Å². The van der Waals surface area contributed by atoms with Gasteiger partial charge in [0.2, 0.25) is 0 Å². The highest BCUT2D eigenvalue weighted by molar-refractivity contribution is 4.81. The van der Waals surface area contributed by atoms with Gasteiger partial charge in [0.05, 0.1) is 0 Å². The van der Waals surface area contributed by atoms with Crippen LogP contribution >= 0.6 is 0 Å². The van der Waals surface area contributed by atoms with Crippen molar-refractivity contribution in [2.45, 2.75) is 65.0 Å². The minimum Gasteiger partial charge on any atom is -0.313 e. The van der Waals surface area contributed by atoms with Gasteiger partial charge in [-0.1, -0.05) is 27.2 Å². The van der Waals surface area contributed by atoms with E-state index in [1.165, 1.54) is 45.2 Å². The summed E-state index contributed by atoms with van der Waals surface area (Å²) in [5.41, 5.74) is 0. The second-order valence-corrected chi connectivity index (χ2v) is 5.36. The monoisotopic (exact) mass is 226 g/mol. The number of nitrogens with zero attached hydrogens (tertiary/aromatic N) is 1. The van der Waals surface area contributed by atoms with E-state index in [0.29, 0.717) is 0 Å². The Kier molecular flexibility index (Phi) is 6.37. The Balaban J connectivity index is 2.34. The molecule has 1 heterocycles. The zero-order valence-corrected chi connectivity index (χ0v) is 11.6. The molecule has 0 bridgehead atoms. The van der Waals surface area contributed by atoms with Gasteiger partial charge in [-0.2, -0.15) is 0 Å². The number of hydrogen-bond acceptors (Lipinski definition) is 2. The molecule has 96 valence electrons. The fourth-order valence-electron chi connectivity index (χ4n) is 3.01. The van der Waals surface area contributed by atoms with Crippen LogP contribution in [0.25, 0.3) is 0 Å². The minimum absolute atomic E-state index is 0.726. The predicted octanol–water partition coefficient (Wildman–Crippen LogP) is 2.89. The molecule has 1 fully saturated rings. The molecule has 1 N–H and O–H groups in total. The van der Waals surface area contributed by atoms with E-state index >= 15 is 0 Å². The van der Waals surface area contributed by atoms with Crippen LogP contribution in [0.2, 0.25) is 0 Å². The van der Waals surface area contributed by atoms with E-state index in [1.807, 2.05) is 0 Å². The van der Waals surface area contributed by atoms with Crippen molar-refractivity contribution >= 4 is 0 Å². The van der Waals surface area contributed by atoms with Gasteiger partial charge >= 0.3 is 0 Å². The highest BCUT2D eigenvalue weighted by atomic mass is 15.2. The summed E-state index contributed by atoms with van der Waals surface area (Å²) in [7, 11) is 2.29. The van der Waals surface area contributed by atoms with Gasteiger partial charge < -0.3 is 10.2 Å². The van der Waals surface area contributed by atoms with Crippen molar-refractivity contribution in [1.29, 1.82) is 0 Å². The van der Waals surface area contributed by atoms with Crippen molar-refractivity contribution in [2.75, 3.05) is 20.1 Å². The van der Waals surface area contributed by atoms with Crippen LogP contribution in [0.15, 0.2) is 0 Å². The Morgan fingerprint density at radius 2 is 1.94 bits per heavy atom. The van der Waals surface area contributed by atoms with Gasteiger partial charge in [0.25, 0.3) is 0 Å². The highest BCUT2D eigenvalue weighted by Crippen LogP contribution is 2.20. The van der Waals surface area contributed by atoms with Crippen LogP contribution in [0.4, 0.5) is 0 Å². The van der Waals surface area contributed by atoms with Crippen molar-refractivity contribution in [2.24, 2.45) is 5.92 Å². The average molecular weight is 226 g/mol. The maximum atomic E-state index is 3.68. The molecule has 2 heteroatoms. The first-order valence-electron chi connectivity index (χ1n) is 7.14. The summed E-state index contributed by atoms with van der Waals surface area (Å²) >= 11 is 0. The van der Waals surface area contributed by atoms with Crippen LogP contribution < -0.4 is 5.32 Å². The van der Waals surface area contributed by atoms with Crippen molar-refractivity contribution in [3.05, 3.63) is 0 Å². The summed E-state index contributed by atoms with van der Waals surface area (Å²) in [6, 6.07) is 1.49. The lowest BCUT2D eigenvalue weighted by Gasteiger charge is -2.35. The lowest BCUT2D eigenvalue weighted by Crippen LogP contribution is -2.47. The van der Waals surface area contributed by atoms with Gasteiger partial charge in [0, 0.05) is 18.6 Å². The lowest BCUT2D eigenvalue weighted by molar-refractivity contribution is 0.176. The zero-order valence-electron chi connectivity index (χ0n) is 11.6. The van der Waals surface area contributed by atoms with E-state index in [9.17, 15) is 0 Å². The molecule has 1 rings (SSSR count). The minimum atomic E-state index is 0.726. The summed E-state index contributed by atoms with van der Waals surface area (Å²) in [5, 5.41) is 3.68. The van der Waals surface area contributed by atoms with Crippen LogP contribution in [0, 0.1) is 5.92 Å². The van der Waals surface area contributed by atoms with E-state index in [1.54, 1.807) is 0 Å². The maximum Gasteiger partial charge on any atom is 0.0197 e. The standard InChI is InChI=1S/C14H30N2/c1-5-12-8-9-15-13(10-12)11-16(4)14(6-2)7-3/h12-15H,5-11H2,1-4H3. The van der Waals surface area contributed by atoms with Crippen LogP contribution in [0.1, 0.15) is 52.9 Å². The number of nitrogens with one attached hydrogen (secondary N) is 1. The van der Waals surface area contributed by atoms with Crippen molar-refractivity contribution in [3.63, 3.8) is 0 Å². The van der Waals surface area contributed by atoms with E-state index in [0.717, 1.165) is 18.0 Å². The fourth-order valence-corrected chi connectivity index (χ4v) is 3.01. The van der Waals surface area contributed by atoms with Crippen LogP contribution in [-0.2, 0) is 0 Å². The molecule has 0 aromatic rings. The molecule has 2 nitrogen and oxygen atoms in total. The zero-order chi connectivity index (χ0) is 12.0. The molecule has 2 atom stereocenters. The van der Waals surface area contributed by atoms with Gasteiger partial charge in [0.15, 0.2) is 0 Å². The Morgan fingerprint density at radius 1 is 1.25 bits per heavy atom. The van der Waals surface area contributed by atoms with Gasteiger partial charge in [-0.3, -0.25) is 0 Å².